The summed E-state index contributed by atoms with van der Waals surface area (Å²) in [6.07, 6.45) is 3.64. The number of hydrogen-bond acceptors (Lipinski definition) is 3. The average molecular weight is 365 g/mol. The van der Waals surface area contributed by atoms with Crippen LogP contribution in [0, 0.1) is 0 Å². The second kappa shape index (κ2) is 8.30. The predicted octanol–water partition coefficient (Wildman–Crippen LogP) is 4.53. The maximum Gasteiger partial charge on any atom is 0.249 e. The Kier molecular flexibility index (Phi) is 5.84. The number of amides is 1. The average Bonchev–Trinajstić information content (AvgIpc) is 2.72. The summed E-state index contributed by atoms with van der Waals surface area (Å²) < 4.78 is 11.0. The molecule has 1 aliphatic rings. The lowest BCUT2D eigenvalue weighted by atomic mass is 9.87. The molecule has 142 valence electrons. The number of methoxy groups -OCH3 is 2. The Bertz CT molecular complexity index is 842. The van der Waals surface area contributed by atoms with Crippen LogP contribution in [0.2, 0.25) is 0 Å². The van der Waals surface area contributed by atoms with E-state index in [1.165, 1.54) is 5.56 Å². The van der Waals surface area contributed by atoms with Crippen LogP contribution in [-0.4, -0.2) is 31.6 Å². The summed E-state index contributed by atoms with van der Waals surface area (Å²) in [4.78, 5) is 15.1. The van der Waals surface area contributed by atoms with Gasteiger partial charge in [0.15, 0.2) is 11.5 Å². The monoisotopic (exact) mass is 365 g/mol. The van der Waals surface area contributed by atoms with Crippen molar-refractivity contribution in [3.8, 4) is 11.5 Å². The van der Waals surface area contributed by atoms with E-state index in [0.717, 1.165) is 35.3 Å². The molecule has 4 heteroatoms. The Morgan fingerprint density at radius 3 is 2.44 bits per heavy atom. The Hall–Kier alpha value is -2.75. The van der Waals surface area contributed by atoms with Crippen molar-refractivity contribution >= 4 is 5.91 Å². The number of benzene rings is 2. The molecule has 0 fully saturated rings. The molecule has 0 aromatic heterocycles. The summed E-state index contributed by atoms with van der Waals surface area (Å²) in [7, 11) is 3.29. The van der Waals surface area contributed by atoms with Gasteiger partial charge in [0.05, 0.1) is 20.3 Å². The van der Waals surface area contributed by atoms with Gasteiger partial charge in [0, 0.05) is 12.1 Å². The first-order chi connectivity index (χ1) is 13.1. The lowest BCUT2D eigenvalue weighted by Crippen LogP contribution is -2.41. The van der Waals surface area contributed by atoms with Gasteiger partial charge in [0.1, 0.15) is 0 Å². The van der Waals surface area contributed by atoms with Gasteiger partial charge in [-0.05, 0) is 48.6 Å². The molecule has 2 aromatic rings. The van der Waals surface area contributed by atoms with Crippen LogP contribution in [0.5, 0.6) is 11.5 Å². The van der Waals surface area contributed by atoms with E-state index in [0.29, 0.717) is 12.3 Å². The van der Waals surface area contributed by atoms with Crippen molar-refractivity contribution in [3.63, 3.8) is 0 Å². The molecular weight excluding hydrogens is 338 g/mol. The van der Waals surface area contributed by atoms with Gasteiger partial charge in [-0.3, -0.25) is 4.79 Å². The van der Waals surface area contributed by atoms with Crippen molar-refractivity contribution in [3.05, 3.63) is 70.8 Å². The van der Waals surface area contributed by atoms with Crippen molar-refractivity contribution in [2.75, 3.05) is 20.8 Å². The van der Waals surface area contributed by atoms with Gasteiger partial charge in [-0.25, -0.2) is 0 Å². The van der Waals surface area contributed by atoms with Gasteiger partial charge >= 0.3 is 0 Å². The van der Waals surface area contributed by atoms with Crippen molar-refractivity contribution in [1.82, 2.24) is 4.90 Å². The number of ether oxygens (including phenoxy) is 2. The van der Waals surface area contributed by atoms with E-state index in [-0.39, 0.29) is 11.9 Å². The number of allylic oxidation sites excluding steroid dienone is 1. The molecular formula is C23H27NO3. The lowest BCUT2D eigenvalue weighted by Gasteiger charge is -2.38. The summed E-state index contributed by atoms with van der Waals surface area (Å²) in [5.41, 5.74) is 4.19. The van der Waals surface area contributed by atoms with E-state index < -0.39 is 0 Å². The first-order valence-corrected chi connectivity index (χ1v) is 9.38. The number of fused-ring (bicyclic) bond motifs is 1. The maximum atomic E-state index is 13.2. The second-order valence-electron chi connectivity index (χ2n) is 6.76. The SMILES string of the molecule is CCC=C(C)C(=O)N1CCc2cc(OC)c(OC)cc2C1c1ccccc1. The van der Waals surface area contributed by atoms with Crippen LogP contribution in [-0.2, 0) is 11.2 Å². The third-order valence-corrected chi connectivity index (χ3v) is 5.10. The second-order valence-corrected chi connectivity index (χ2v) is 6.76. The molecule has 0 bridgehead atoms. The van der Waals surface area contributed by atoms with Gasteiger partial charge in [-0.2, -0.15) is 0 Å². The van der Waals surface area contributed by atoms with Gasteiger partial charge in [0.25, 0.3) is 0 Å². The molecule has 1 amide bonds. The molecule has 1 aliphatic heterocycles. The molecule has 0 radical (unpaired) electrons. The highest BCUT2D eigenvalue weighted by Gasteiger charge is 2.33. The molecule has 0 N–H and O–H groups in total. The minimum absolute atomic E-state index is 0.0890. The van der Waals surface area contributed by atoms with Gasteiger partial charge in [0.2, 0.25) is 5.91 Å². The summed E-state index contributed by atoms with van der Waals surface area (Å²) in [5.74, 6) is 1.50. The molecule has 1 atom stereocenters. The summed E-state index contributed by atoms with van der Waals surface area (Å²) in [6.45, 7) is 4.63. The summed E-state index contributed by atoms with van der Waals surface area (Å²) in [6, 6.07) is 14.1. The third kappa shape index (κ3) is 3.70. The standard InChI is InChI=1S/C23H27NO3/c1-5-9-16(2)23(25)24-13-12-18-14-20(26-3)21(27-4)15-19(18)22(24)17-10-7-6-8-11-17/h6-11,14-15,22H,5,12-13H2,1-4H3. The van der Waals surface area contributed by atoms with Crippen LogP contribution in [0.1, 0.15) is 43.0 Å². The molecule has 1 unspecified atom stereocenters. The number of carbonyl (C=O) groups is 1. The third-order valence-electron chi connectivity index (χ3n) is 5.10. The Morgan fingerprint density at radius 2 is 1.81 bits per heavy atom. The first kappa shape index (κ1) is 19.0. The molecule has 0 aliphatic carbocycles. The molecule has 3 rings (SSSR count). The van der Waals surface area contributed by atoms with Crippen LogP contribution in [0.4, 0.5) is 0 Å². The molecule has 27 heavy (non-hydrogen) atoms. The molecule has 0 spiro atoms. The van der Waals surface area contributed by atoms with Crippen LogP contribution < -0.4 is 9.47 Å². The fourth-order valence-electron chi connectivity index (χ4n) is 3.78. The largest absolute Gasteiger partial charge is 0.493 e. The van der Waals surface area contributed by atoms with Gasteiger partial charge < -0.3 is 14.4 Å². The van der Waals surface area contributed by atoms with Crippen molar-refractivity contribution in [2.45, 2.75) is 32.7 Å². The van der Waals surface area contributed by atoms with Crippen molar-refractivity contribution in [2.24, 2.45) is 0 Å². The van der Waals surface area contributed by atoms with Crippen LogP contribution in [0.3, 0.4) is 0 Å². The number of hydrogen-bond donors (Lipinski definition) is 0. The molecule has 1 heterocycles. The summed E-state index contributed by atoms with van der Waals surface area (Å²) in [5, 5.41) is 0. The van der Waals surface area contributed by atoms with E-state index in [9.17, 15) is 4.79 Å². The zero-order chi connectivity index (χ0) is 19.4. The van der Waals surface area contributed by atoms with E-state index in [1.54, 1.807) is 14.2 Å². The minimum Gasteiger partial charge on any atom is -0.493 e. The van der Waals surface area contributed by atoms with E-state index >= 15 is 0 Å². The number of rotatable bonds is 5. The van der Waals surface area contributed by atoms with E-state index in [4.69, 9.17) is 9.47 Å². The smallest absolute Gasteiger partial charge is 0.249 e. The molecule has 0 saturated heterocycles. The van der Waals surface area contributed by atoms with Crippen molar-refractivity contribution in [1.29, 1.82) is 0 Å². The number of nitrogens with zero attached hydrogens (tertiary/aromatic N) is 1. The topological polar surface area (TPSA) is 38.8 Å². The van der Waals surface area contributed by atoms with Crippen LogP contribution in [0.25, 0.3) is 0 Å². The highest BCUT2D eigenvalue weighted by atomic mass is 16.5. The zero-order valence-corrected chi connectivity index (χ0v) is 16.5. The van der Waals surface area contributed by atoms with E-state index in [2.05, 4.69) is 12.1 Å². The van der Waals surface area contributed by atoms with Gasteiger partial charge in [-0.1, -0.05) is 43.3 Å². The van der Waals surface area contributed by atoms with Crippen molar-refractivity contribution < 1.29 is 14.3 Å². The quantitative estimate of drug-likeness (QED) is 0.731. The fraction of sp³-hybridized carbons (Fsp3) is 0.348. The highest BCUT2D eigenvalue weighted by Crippen LogP contribution is 2.41. The van der Waals surface area contributed by atoms with E-state index in [1.807, 2.05) is 55.2 Å². The van der Waals surface area contributed by atoms with Crippen LogP contribution in [0.15, 0.2) is 54.1 Å². The minimum atomic E-state index is -0.137. The Balaban J connectivity index is 2.14. The predicted molar refractivity (Wildman–Crippen MR) is 107 cm³/mol. The van der Waals surface area contributed by atoms with Gasteiger partial charge in [-0.15, -0.1) is 0 Å². The molecule has 4 nitrogen and oxygen atoms in total. The molecule has 0 saturated carbocycles. The lowest BCUT2D eigenvalue weighted by molar-refractivity contribution is -0.129. The Labute approximate surface area is 161 Å². The highest BCUT2D eigenvalue weighted by molar-refractivity contribution is 5.93. The summed E-state index contributed by atoms with van der Waals surface area (Å²) >= 11 is 0. The Morgan fingerprint density at radius 1 is 1.15 bits per heavy atom. The zero-order valence-electron chi connectivity index (χ0n) is 16.5. The maximum absolute atomic E-state index is 13.2. The normalized spacial score (nSPS) is 16.7. The fourth-order valence-corrected chi connectivity index (χ4v) is 3.78. The number of carbonyl (C=O) groups excluding carboxylic acids is 1. The first-order valence-electron chi connectivity index (χ1n) is 9.38. The van der Waals surface area contributed by atoms with Crippen LogP contribution >= 0.6 is 0 Å². The molecule has 2 aromatic carbocycles.